The second kappa shape index (κ2) is 9.47. The molecule has 0 bridgehead atoms. The van der Waals surface area contributed by atoms with E-state index in [1.165, 1.54) is 41.8 Å². The Hall–Kier alpha value is -2.57. The Labute approximate surface area is 206 Å². The van der Waals surface area contributed by atoms with Crippen molar-refractivity contribution in [3.05, 3.63) is 45.8 Å². The summed E-state index contributed by atoms with van der Waals surface area (Å²) >= 11 is 0.900. The van der Waals surface area contributed by atoms with Gasteiger partial charge in [0.1, 0.15) is 22.8 Å². The molecule has 2 fully saturated rings. The highest BCUT2D eigenvalue weighted by Gasteiger charge is 2.46. The molecule has 3 heterocycles. The number of esters is 1. The Balaban J connectivity index is 1.48. The minimum Gasteiger partial charge on any atom is -0.494 e. The Kier molecular flexibility index (Phi) is 6.91. The Morgan fingerprint density at radius 2 is 1.74 bits per heavy atom. The maximum atomic E-state index is 14.4. The van der Waals surface area contributed by atoms with Gasteiger partial charge in [-0.3, -0.25) is 4.79 Å². The number of methoxy groups -OCH3 is 2. The van der Waals surface area contributed by atoms with Crippen molar-refractivity contribution in [3.63, 3.8) is 0 Å². The molecule has 35 heavy (non-hydrogen) atoms. The number of likely N-dealkylation sites (tertiary alicyclic amines) is 1. The fourth-order valence-corrected chi connectivity index (χ4v) is 7.88. The number of sulfonamides is 1. The summed E-state index contributed by atoms with van der Waals surface area (Å²) in [5.74, 6) is -3.17. The lowest BCUT2D eigenvalue weighted by atomic mass is 9.77. The molecular formula is C23H26F2N2O6S2. The van der Waals surface area contributed by atoms with Gasteiger partial charge in [-0.15, -0.1) is 11.3 Å². The highest BCUT2D eigenvalue weighted by atomic mass is 32.2. The summed E-state index contributed by atoms with van der Waals surface area (Å²) in [6, 6.07) is 2.37. The number of carbonyl (C=O) groups excluding carboxylic acids is 2. The molecule has 4 rings (SSSR count). The summed E-state index contributed by atoms with van der Waals surface area (Å²) in [7, 11) is -1.42. The van der Waals surface area contributed by atoms with Crippen LogP contribution in [-0.4, -0.2) is 69.9 Å². The Morgan fingerprint density at radius 3 is 2.37 bits per heavy atom. The van der Waals surface area contributed by atoms with Crippen molar-refractivity contribution in [1.82, 2.24) is 9.21 Å². The van der Waals surface area contributed by atoms with Crippen LogP contribution < -0.4 is 4.74 Å². The van der Waals surface area contributed by atoms with E-state index in [2.05, 4.69) is 0 Å². The van der Waals surface area contributed by atoms with Crippen LogP contribution in [0.2, 0.25) is 0 Å². The second-order valence-electron chi connectivity index (χ2n) is 8.90. The van der Waals surface area contributed by atoms with Gasteiger partial charge in [-0.2, -0.15) is 4.31 Å². The highest BCUT2D eigenvalue weighted by molar-refractivity contribution is 7.91. The third-order valence-corrected chi connectivity index (χ3v) is 10.2. The third kappa shape index (κ3) is 4.43. The van der Waals surface area contributed by atoms with Gasteiger partial charge in [0.15, 0.2) is 9.96 Å². The Morgan fingerprint density at radius 1 is 1.09 bits per heavy atom. The fraction of sp³-hybridized carbons (Fsp3) is 0.478. The average molecular weight is 529 g/mol. The number of piperidine rings is 1. The maximum Gasteiger partial charge on any atom is 0.342 e. The fourth-order valence-electron chi connectivity index (χ4n) is 4.77. The molecule has 0 saturated carbocycles. The zero-order chi connectivity index (χ0) is 25.5. The van der Waals surface area contributed by atoms with Crippen molar-refractivity contribution < 1.29 is 36.3 Å². The number of thiophene rings is 1. The van der Waals surface area contributed by atoms with Crippen molar-refractivity contribution >= 4 is 33.2 Å². The monoisotopic (exact) mass is 528 g/mol. The van der Waals surface area contributed by atoms with E-state index in [-0.39, 0.29) is 52.7 Å². The number of amides is 1. The molecule has 8 nitrogen and oxygen atoms in total. The minimum absolute atomic E-state index is 0.0366. The molecule has 1 amide bonds. The van der Waals surface area contributed by atoms with Crippen molar-refractivity contribution in [3.8, 4) is 5.75 Å². The van der Waals surface area contributed by atoms with Crippen LogP contribution >= 0.6 is 11.3 Å². The van der Waals surface area contributed by atoms with Crippen LogP contribution in [-0.2, 0) is 14.8 Å². The van der Waals surface area contributed by atoms with Gasteiger partial charge in [0.2, 0.25) is 0 Å². The van der Waals surface area contributed by atoms with E-state index in [0.717, 1.165) is 17.4 Å². The van der Waals surface area contributed by atoms with E-state index in [4.69, 9.17) is 9.47 Å². The molecule has 0 unspecified atom stereocenters. The first-order chi connectivity index (χ1) is 16.5. The van der Waals surface area contributed by atoms with E-state index in [1.807, 2.05) is 0 Å². The first-order valence-corrected chi connectivity index (χ1v) is 13.3. The number of hydrogen-bond acceptors (Lipinski definition) is 7. The molecule has 0 atom stereocenters. The lowest BCUT2D eigenvalue weighted by molar-refractivity contribution is 0.0584. The van der Waals surface area contributed by atoms with Crippen LogP contribution in [0.3, 0.4) is 0 Å². The smallest absolute Gasteiger partial charge is 0.342 e. The van der Waals surface area contributed by atoms with Crippen molar-refractivity contribution in [2.75, 3.05) is 40.4 Å². The van der Waals surface area contributed by atoms with E-state index in [0.29, 0.717) is 19.3 Å². The lowest BCUT2D eigenvalue weighted by Gasteiger charge is -2.39. The van der Waals surface area contributed by atoms with Gasteiger partial charge in [0.05, 0.1) is 14.2 Å². The number of halogens is 2. The predicted molar refractivity (Wildman–Crippen MR) is 124 cm³/mol. The average Bonchev–Trinajstić information content (AvgIpc) is 3.47. The zero-order valence-electron chi connectivity index (χ0n) is 19.6. The highest BCUT2D eigenvalue weighted by Crippen LogP contribution is 2.45. The number of nitrogens with zero attached hydrogens (tertiary/aromatic N) is 2. The van der Waals surface area contributed by atoms with Crippen LogP contribution in [0.1, 0.15) is 45.5 Å². The number of hydrogen-bond donors (Lipinski definition) is 0. The largest absolute Gasteiger partial charge is 0.494 e. The molecule has 1 aromatic heterocycles. The van der Waals surface area contributed by atoms with Crippen LogP contribution in [0.4, 0.5) is 8.78 Å². The van der Waals surface area contributed by atoms with Crippen molar-refractivity contribution in [2.24, 2.45) is 5.41 Å². The molecule has 2 aromatic rings. The van der Waals surface area contributed by atoms with E-state index in [1.54, 1.807) is 0 Å². The molecule has 1 aromatic carbocycles. The number of carbonyl (C=O) groups is 2. The predicted octanol–water partition coefficient (Wildman–Crippen LogP) is 3.45. The summed E-state index contributed by atoms with van der Waals surface area (Å²) in [5.41, 5.74) is -0.652. The molecule has 190 valence electrons. The normalized spacial score (nSPS) is 18.1. The van der Waals surface area contributed by atoms with E-state index < -0.39 is 39.1 Å². The van der Waals surface area contributed by atoms with Gasteiger partial charge in [-0.25, -0.2) is 22.0 Å². The molecule has 0 aliphatic carbocycles. The third-order valence-electron chi connectivity index (χ3n) is 6.91. The lowest BCUT2D eigenvalue weighted by Crippen LogP contribution is -2.45. The summed E-state index contributed by atoms with van der Waals surface area (Å²) < 4.78 is 66.7. The minimum atomic E-state index is -3.93. The quantitative estimate of drug-likeness (QED) is 0.552. The summed E-state index contributed by atoms with van der Waals surface area (Å²) in [6.07, 6.45) is 1.61. The van der Waals surface area contributed by atoms with Crippen LogP contribution in [0.25, 0.3) is 0 Å². The van der Waals surface area contributed by atoms with Crippen LogP contribution in [0, 0.1) is 24.0 Å². The molecular weight excluding hydrogens is 502 g/mol. The molecule has 0 radical (unpaired) electrons. The number of aryl methyl sites for hydroxylation is 1. The number of benzene rings is 1. The molecule has 2 aliphatic rings. The van der Waals surface area contributed by atoms with Gasteiger partial charge < -0.3 is 14.4 Å². The SMILES string of the molecule is COC(=O)c1csc(S(=O)(=O)N2CCC3(CCN(C(=O)c4c(F)ccc(C)c4F)CC3)C2)c1OC. The Bertz CT molecular complexity index is 1270. The molecule has 1 spiro atoms. The second-order valence-corrected chi connectivity index (χ2v) is 11.9. The van der Waals surface area contributed by atoms with Gasteiger partial charge in [0.25, 0.3) is 15.9 Å². The number of ether oxygens (including phenoxy) is 2. The van der Waals surface area contributed by atoms with Crippen molar-refractivity contribution in [1.29, 1.82) is 0 Å². The zero-order valence-corrected chi connectivity index (χ0v) is 21.2. The van der Waals surface area contributed by atoms with E-state index >= 15 is 0 Å². The summed E-state index contributed by atoms with van der Waals surface area (Å²) in [5, 5.41) is 1.40. The molecule has 2 saturated heterocycles. The molecule has 0 N–H and O–H groups in total. The molecule has 2 aliphatic heterocycles. The van der Waals surface area contributed by atoms with E-state index in [9.17, 15) is 26.8 Å². The van der Waals surface area contributed by atoms with Gasteiger partial charge in [-0.05, 0) is 43.2 Å². The summed E-state index contributed by atoms with van der Waals surface area (Å²) in [4.78, 5) is 26.2. The van der Waals surface area contributed by atoms with Gasteiger partial charge in [0, 0.05) is 31.6 Å². The van der Waals surface area contributed by atoms with Crippen LogP contribution in [0.5, 0.6) is 5.75 Å². The maximum absolute atomic E-state index is 14.4. The number of rotatable bonds is 5. The topological polar surface area (TPSA) is 93.2 Å². The van der Waals surface area contributed by atoms with Gasteiger partial charge in [-0.1, -0.05) is 6.07 Å². The molecule has 12 heteroatoms. The first-order valence-electron chi connectivity index (χ1n) is 11.0. The van der Waals surface area contributed by atoms with Crippen molar-refractivity contribution in [2.45, 2.75) is 30.4 Å². The van der Waals surface area contributed by atoms with Gasteiger partial charge >= 0.3 is 5.97 Å². The standard InChI is InChI=1S/C23H26F2N2O6S2/c1-14-4-5-16(24)17(18(14)25)20(28)26-9-6-23(7-10-26)8-11-27(13-23)35(30,31)22-19(32-2)15(12-34-22)21(29)33-3/h4-5,12H,6-11,13H2,1-3H3. The van der Waals surface area contributed by atoms with Crippen LogP contribution in [0.15, 0.2) is 21.7 Å². The first kappa shape index (κ1) is 25.5. The summed E-state index contributed by atoms with van der Waals surface area (Å²) in [6.45, 7) is 2.55.